The van der Waals surface area contributed by atoms with Crippen LogP contribution in [0.2, 0.25) is 0 Å². The maximum Gasteiger partial charge on any atom is 0.123 e. The standard InChI is InChI=1S/C25H17F3O/c26-21-9-1-17(2-10-21)25(18-3-11-22(27)12-4-18,19-5-13-23(28)14-6-19)20-7-15-24(29)16-8-20/h1-16,29H. The third-order valence-electron chi connectivity index (χ3n) is 5.13. The van der Waals surface area contributed by atoms with Gasteiger partial charge in [0.15, 0.2) is 0 Å². The smallest absolute Gasteiger partial charge is 0.123 e. The summed E-state index contributed by atoms with van der Waals surface area (Å²) < 4.78 is 41.1. The van der Waals surface area contributed by atoms with E-state index >= 15 is 0 Å². The Kier molecular flexibility index (Phi) is 4.85. The number of phenols is 1. The molecule has 1 nitrogen and oxygen atoms in total. The highest BCUT2D eigenvalue weighted by molar-refractivity contribution is 5.60. The minimum Gasteiger partial charge on any atom is -0.508 e. The monoisotopic (exact) mass is 390 g/mol. The summed E-state index contributed by atoms with van der Waals surface area (Å²) in [4.78, 5) is 0. The van der Waals surface area contributed by atoms with Gasteiger partial charge in [-0.25, -0.2) is 13.2 Å². The van der Waals surface area contributed by atoms with Crippen molar-refractivity contribution in [3.8, 4) is 5.75 Å². The Bertz CT molecular complexity index is 913. The highest BCUT2D eigenvalue weighted by atomic mass is 19.1. The number of hydrogen-bond acceptors (Lipinski definition) is 1. The number of phenolic OH excluding ortho intramolecular Hbond substituents is 1. The molecule has 0 bridgehead atoms. The number of halogens is 3. The van der Waals surface area contributed by atoms with Crippen LogP contribution in [0, 0.1) is 17.5 Å². The summed E-state index contributed by atoms with van der Waals surface area (Å²) in [6.07, 6.45) is 0. The van der Waals surface area contributed by atoms with E-state index in [4.69, 9.17) is 0 Å². The molecule has 0 saturated heterocycles. The normalized spacial score (nSPS) is 11.4. The molecule has 0 aliphatic heterocycles. The molecule has 1 N–H and O–H groups in total. The SMILES string of the molecule is Oc1ccc(C(c2ccc(F)cc2)(c2ccc(F)cc2)c2ccc(F)cc2)cc1. The Morgan fingerprint density at radius 3 is 0.931 bits per heavy atom. The molecule has 4 rings (SSSR count). The van der Waals surface area contributed by atoms with Crippen LogP contribution in [0.15, 0.2) is 97.1 Å². The van der Waals surface area contributed by atoms with Crippen LogP contribution in [0.5, 0.6) is 5.75 Å². The van der Waals surface area contributed by atoms with Crippen molar-refractivity contribution < 1.29 is 18.3 Å². The summed E-state index contributed by atoms with van der Waals surface area (Å²) in [5.41, 5.74) is 1.97. The lowest BCUT2D eigenvalue weighted by atomic mass is 9.65. The first-order valence-corrected chi connectivity index (χ1v) is 9.08. The lowest BCUT2D eigenvalue weighted by Gasteiger charge is -2.36. The Labute approximate surface area is 166 Å². The minimum absolute atomic E-state index is 0.0972. The van der Waals surface area contributed by atoms with Crippen molar-refractivity contribution in [2.45, 2.75) is 5.41 Å². The van der Waals surface area contributed by atoms with E-state index in [2.05, 4.69) is 0 Å². The Balaban J connectivity index is 2.11. The lowest BCUT2D eigenvalue weighted by Crippen LogP contribution is -2.31. The fourth-order valence-electron chi connectivity index (χ4n) is 3.81. The van der Waals surface area contributed by atoms with Gasteiger partial charge in [-0.3, -0.25) is 0 Å². The molecule has 29 heavy (non-hydrogen) atoms. The van der Waals surface area contributed by atoms with Gasteiger partial charge in [0.25, 0.3) is 0 Å². The molecule has 0 aliphatic carbocycles. The molecule has 0 unspecified atom stereocenters. The van der Waals surface area contributed by atoms with Gasteiger partial charge >= 0.3 is 0 Å². The maximum absolute atomic E-state index is 13.7. The van der Waals surface area contributed by atoms with E-state index in [1.807, 2.05) is 0 Å². The van der Waals surface area contributed by atoms with Gasteiger partial charge in [-0.15, -0.1) is 0 Å². The van der Waals surface area contributed by atoms with Gasteiger partial charge in [-0.2, -0.15) is 0 Å². The minimum atomic E-state index is -0.969. The molecule has 4 heteroatoms. The molecule has 0 saturated carbocycles. The van der Waals surface area contributed by atoms with Crippen molar-refractivity contribution in [1.82, 2.24) is 0 Å². The van der Waals surface area contributed by atoms with Crippen LogP contribution in [0.1, 0.15) is 22.3 Å². The Morgan fingerprint density at radius 1 is 0.414 bits per heavy atom. The maximum atomic E-state index is 13.7. The first kappa shape index (κ1) is 18.8. The summed E-state index contributed by atoms with van der Waals surface area (Å²) in [6, 6.07) is 24.7. The van der Waals surface area contributed by atoms with Gasteiger partial charge in [-0.1, -0.05) is 48.5 Å². The molecule has 0 aromatic heterocycles. The van der Waals surface area contributed by atoms with Crippen molar-refractivity contribution in [1.29, 1.82) is 0 Å². The number of rotatable bonds is 4. The summed E-state index contributed by atoms with van der Waals surface area (Å²) in [5, 5.41) is 9.79. The van der Waals surface area contributed by atoms with E-state index < -0.39 is 5.41 Å². The van der Waals surface area contributed by atoms with Crippen molar-refractivity contribution in [2.75, 3.05) is 0 Å². The molecule has 144 valence electrons. The summed E-state index contributed by atoms with van der Waals surface area (Å²) >= 11 is 0. The first-order chi connectivity index (χ1) is 14.0. The highest BCUT2D eigenvalue weighted by Gasteiger charge is 2.38. The van der Waals surface area contributed by atoms with Gasteiger partial charge in [0.1, 0.15) is 23.2 Å². The molecular weight excluding hydrogens is 373 g/mol. The summed E-state index contributed by atoms with van der Waals surface area (Å²) in [7, 11) is 0. The van der Waals surface area contributed by atoms with Crippen LogP contribution in [-0.2, 0) is 5.41 Å². The van der Waals surface area contributed by atoms with Crippen LogP contribution >= 0.6 is 0 Å². The van der Waals surface area contributed by atoms with E-state index in [9.17, 15) is 18.3 Å². The molecule has 0 radical (unpaired) electrons. The Hall–Kier alpha value is -3.53. The second kappa shape index (κ2) is 7.47. The van der Waals surface area contributed by atoms with E-state index in [0.29, 0.717) is 0 Å². The molecule has 0 aliphatic rings. The highest BCUT2D eigenvalue weighted by Crippen LogP contribution is 2.45. The van der Waals surface area contributed by atoms with Gasteiger partial charge in [-0.05, 0) is 70.8 Å². The van der Waals surface area contributed by atoms with Crippen molar-refractivity contribution in [3.63, 3.8) is 0 Å². The van der Waals surface area contributed by atoms with Crippen molar-refractivity contribution in [3.05, 3.63) is 137 Å². The number of aromatic hydroxyl groups is 1. The van der Waals surface area contributed by atoms with Crippen LogP contribution < -0.4 is 0 Å². The first-order valence-electron chi connectivity index (χ1n) is 9.08. The third kappa shape index (κ3) is 3.38. The molecule has 0 fully saturated rings. The van der Waals surface area contributed by atoms with E-state index in [0.717, 1.165) is 22.3 Å². The lowest BCUT2D eigenvalue weighted by molar-refractivity contribution is 0.475. The third-order valence-corrected chi connectivity index (χ3v) is 5.13. The van der Waals surface area contributed by atoms with Gasteiger partial charge in [0.05, 0.1) is 5.41 Å². The molecule has 0 amide bonds. The average Bonchev–Trinajstić information content (AvgIpc) is 2.73. The van der Waals surface area contributed by atoms with Crippen molar-refractivity contribution >= 4 is 0 Å². The fourth-order valence-corrected chi connectivity index (χ4v) is 3.81. The summed E-state index contributed by atoms with van der Waals surface area (Å²) in [6.45, 7) is 0. The van der Waals surface area contributed by atoms with E-state index in [1.54, 1.807) is 60.7 Å². The molecule has 4 aromatic carbocycles. The second-order valence-electron chi connectivity index (χ2n) is 6.82. The second-order valence-corrected chi connectivity index (χ2v) is 6.82. The Morgan fingerprint density at radius 2 is 0.655 bits per heavy atom. The van der Waals surface area contributed by atoms with Crippen LogP contribution in [0.25, 0.3) is 0 Å². The molecule has 4 aromatic rings. The summed E-state index contributed by atoms with van der Waals surface area (Å²) in [5.74, 6) is -1.05. The topological polar surface area (TPSA) is 20.2 Å². The van der Waals surface area contributed by atoms with E-state index in [1.165, 1.54) is 36.4 Å². The molecule has 0 heterocycles. The molecule has 0 atom stereocenters. The predicted octanol–water partition coefficient (Wildman–Crippen LogP) is 6.19. The van der Waals surface area contributed by atoms with Crippen molar-refractivity contribution in [2.24, 2.45) is 0 Å². The number of benzene rings is 4. The number of hydrogen-bond donors (Lipinski definition) is 1. The zero-order chi connectivity index (χ0) is 20.4. The average molecular weight is 390 g/mol. The van der Waals surface area contributed by atoms with Crippen LogP contribution in [-0.4, -0.2) is 5.11 Å². The molecular formula is C25H17F3O. The molecule has 0 spiro atoms. The van der Waals surface area contributed by atoms with Gasteiger partial charge in [0.2, 0.25) is 0 Å². The van der Waals surface area contributed by atoms with Gasteiger partial charge < -0.3 is 5.11 Å². The quantitative estimate of drug-likeness (QED) is 0.412. The van der Waals surface area contributed by atoms with Crippen LogP contribution in [0.3, 0.4) is 0 Å². The zero-order valence-electron chi connectivity index (χ0n) is 15.3. The zero-order valence-corrected chi connectivity index (χ0v) is 15.3. The van der Waals surface area contributed by atoms with E-state index in [-0.39, 0.29) is 23.2 Å². The fraction of sp³-hybridized carbons (Fsp3) is 0.0400. The predicted molar refractivity (Wildman–Crippen MR) is 106 cm³/mol. The van der Waals surface area contributed by atoms with Crippen LogP contribution in [0.4, 0.5) is 13.2 Å². The largest absolute Gasteiger partial charge is 0.508 e. The van der Waals surface area contributed by atoms with Gasteiger partial charge in [0, 0.05) is 0 Å².